The second-order valence-electron chi connectivity index (χ2n) is 8.27. The first-order valence-electron chi connectivity index (χ1n) is 9.25. The lowest BCUT2D eigenvalue weighted by Crippen LogP contribution is -2.17. The normalized spacial score (nSPS) is 15.1. The molecule has 4 rings (SSSR count). The minimum absolute atomic E-state index is 0.106. The zero-order chi connectivity index (χ0) is 19.2. The molecule has 1 heterocycles. The van der Waals surface area contributed by atoms with Crippen LogP contribution in [-0.4, -0.2) is 18.7 Å². The van der Waals surface area contributed by atoms with Crippen LogP contribution in [0.1, 0.15) is 39.2 Å². The lowest BCUT2D eigenvalue weighted by molar-refractivity contribution is 0.590. The minimum Gasteiger partial charge on any atom is -0.283 e. The summed E-state index contributed by atoms with van der Waals surface area (Å²) < 4.78 is 27.5. The molecule has 2 aromatic carbocycles. The third-order valence-corrected chi connectivity index (χ3v) is 6.88. The summed E-state index contributed by atoms with van der Waals surface area (Å²) in [5.74, 6) is 0. The fourth-order valence-corrected chi connectivity index (χ4v) is 4.58. The van der Waals surface area contributed by atoms with E-state index in [-0.39, 0.29) is 10.7 Å². The fraction of sp³-hybridized carbons (Fsp3) is 0.318. The van der Waals surface area contributed by atoms with Crippen LogP contribution in [0.4, 0.5) is 5.69 Å². The van der Waals surface area contributed by atoms with Crippen LogP contribution in [0.15, 0.2) is 54.7 Å². The highest BCUT2D eigenvalue weighted by Crippen LogP contribution is 2.33. The van der Waals surface area contributed by atoms with Crippen molar-refractivity contribution in [3.05, 3.63) is 60.3 Å². The van der Waals surface area contributed by atoms with Gasteiger partial charge in [-0.2, -0.15) is 0 Å². The average Bonchev–Trinajstić information content (AvgIpc) is 3.47. The smallest absolute Gasteiger partial charge is 0.235 e. The molecule has 0 amide bonds. The zero-order valence-corrected chi connectivity index (χ0v) is 16.7. The van der Waals surface area contributed by atoms with Crippen LogP contribution in [0.3, 0.4) is 0 Å². The van der Waals surface area contributed by atoms with Crippen molar-refractivity contribution in [3.63, 3.8) is 0 Å². The molecule has 5 heteroatoms. The van der Waals surface area contributed by atoms with Crippen LogP contribution >= 0.6 is 0 Å². The third kappa shape index (κ3) is 3.69. The van der Waals surface area contributed by atoms with E-state index in [4.69, 9.17) is 0 Å². The number of benzene rings is 2. The molecule has 0 saturated heterocycles. The van der Waals surface area contributed by atoms with Crippen LogP contribution in [0.2, 0.25) is 0 Å². The number of fused-ring (bicyclic) bond motifs is 1. The van der Waals surface area contributed by atoms with Crippen molar-refractivity contribution in [1.29, 1.82) is 0 Å². The molecule has 1 N–H and O–H groups in total. The Hall–Kier alpha value is -2.40. The maximum Gasteiger partial charge on any atom is 0.235 e. The van der Waals surface area contributed by atoms with Gasteiger partial charge in [0.05, 0.1) is 16.5 Å². The Labute approximate surface area is 160 Å². The van der Waals surface area contributed by atoms with Gasteiger partial charge >= 0.3 is 0 Å². The predicted octanol–water partition coefficient (Wildman–Crippen LogP) is 5.10. The van der Waals surface area contributed by atoms with Crippen molar-refractivity contribution in [2.45, 2.75) is 44.3 Å². The molecular weight excluding hydrogens is 356 g/mol. The second-order valence-corrected chi connectivity index (χ2v) is 10.2. The molecule has 1 aliphatic carbocycles. The number of aromatic nitrogens is 1. The van der Waals surface area contributed by atoms with Gasteiger partial charge in [-0.25, -0.2) is 8.42 Å². The first kappa shape index (κ1) is 18.0. The SMILES string of the molecule is CC(C)(C)c1ccc(-c2cnc3cccc(NS(=O)(=O)C4CC4)c3c2)cc1. The van der Waals surface area contributed by atoms with Crippen molar-refractivity contribution in [2.24, 2.45) is 0 Å². The third-order valence-electron chi connectivity index (χ3n) is 5.03. The van der Waals surface area contributed by atoms with E-state index in [0.717, 1.165) is 34.9 Å². The van der Waals surface area contributed by atoms with Crippen LogP contribution in [-0.2, 0) is 15.4 Å². The molecule has 1 fully saturated rings. The largest absolute Gasteiger partial charge is 0.283 e. The minimum atomic E-state index is -3.31. The lowest BCUT2D eigenvalue weighted by atomic mass is 9.86. The van der Waals surface area contributed by atoms with Crippen LogP contribution in [0, 0.1) is 0 Å². The summed E-state index contributed by atoms with van der Waals surface area (Å²) >= 11 is 0. The molecule has 27 heavy (non-hydrogen) atoms. The van der Waals surface area contributed by atoms with Crippen molar-refractivity contribution in [3.8, 4) is 11.1 Å². The summed E-state index contributed by atoms with van der Waals surface area (Å²) in [5, 5.41) is 0.563. The Morgan fingerprint density at radius 3 is 2.33 bits per heavy atom. The summed E-state index contributed by atoms with van der Waals surface area (Å²) in [6.45, 7) is 6.58. The van der Waals surface area contributed by atoms with Crippen molar-refractivity contribution >= 4 is 26.6 Å². The van der Waals surface area contributed by atoms with Crippen molar-refractivity contribution < 1.29 is 8.42 Å². The Morgan fingerprint density at radius 1 is 1.00 bits per heavy atom. The molecule has 0 radical (unpaired) electrons. The molecule has 0 spiro atoms. The Morgan fingerprint density at radius 2 is 1.70 bits per heavy atom. The maximum absolute atomic E-state index is 12.4. The first-order chi connectivity index (χ1) is 12.7. The van der Waals surface area contributed by atoms with E-state index in [9.17, 15) is 8.42 Å². The van der Waals surface area contributed by atoms with Crippen molar-refractivity contribution in [2.75, 3.05) is 4.72 Å². The number of anilines is 1. The van der Waals surface area contributed by atoms with Gasteiger partial charge in [0.25, 0.3) is 0 Å². The van der Waals surface area contributed by atoms with Crippen LogP contribution < -0.4 is 4.72 Å². The zero-order valence-electron chi connectivity index (χ0n) is 15.9. The van der Waals surface area contributed by atoms with Gasteiger partial charge in [-0.05, 0) is 47.6 Å². The van der Waals surface area contributed by atoms with E-state index in [2.05, 4.69) is 54.7 Å². The number of pyridine rings is 1. The Balaban J connectivity index is 1.74. The van der Waals surface area contributed by atoms with E-state index in [1.54, 1.807) is 6.07 Å². The molecule has 3 aromatic rings. The Bertz CT molecular complexity index is 1090. The van der Waals surface area contributed by atoms with E-state index in [0.29, 0.717) is 5.69 Å². The quantitative estimate of drug-likeness (QED) is 0.685. The summed E-state index contributed by atoms with van der Waals surface area (Å²) in [6, 6.07) is 16.0. The van der Waals surface area contributed by atoms with E-state index >= 15 is 0 Å². The molecule has 0 unspecified atom stereocenters. The van der Waals surface area contributed by atoms with Gasteiger partial charge in [0.2, 0.25) is 10.0 Å². The highest BCUT2D eigenvalue weighted by molar-refractivity contribution is 7.93. The van der Waals surface area contributed by atoms with Crippen LogP contribution in [0.5, 0.6) is 0 Å². The molecular formula is C22H24N2O2S. The Kier molecular flexibility index (Phi) is 4.22. The average molecular weight is 381 g/mol. The van der Waals surface area contributed by atoms with Crippen molar-refractivity contribution in [1.82, 2.24) is 4.98 Å². The maximum atomic E-state index is 12.4. The number of rotatable bonds is 4. The lowest BCUT2D eigenvalue weighted by Gasteiger charge is -2.19. The fourth-order valence-electron chi connectivity index (χ4n) is 3.17. The number of nitrogens with one attached hydrogen (secondary N) is 1. The highest BCUT2D eigenvalue weighted by atomic mass is 32.2. The molecule has 140 valence electrons. The van der Waals surface area contributed by atoms with Gasteiger partial charge in [0, 0.05) is 17.1 Å². The van der Waals surface area contributed by atoms with Gasteiger partial charge in [-0.3, -0.25) is 9.71 Å². The molecule has 4 nitrogen and oxygen atoms in total. The molecule has 1 aliphatic rings. The summed E-state index contributed by atoms with van der Waals surface area (Å²) in [6.07, 6.45) is 3.32. The summed E-state index contributed by atoms with van der Waals surface area (Å²) in [7, 11) is -3.31. The molecule has 0 bridgehead atoms. The number of hydrogen-bond donors (Lipinski definition) is 1. The molecule has 0 atom stereocenters. The molecule has 1 saturated carbocycles. The standard InChI is InChI=1S/C22H24N2O2S/c1-22(2,3)17-9-7-15(8-10-17)16-13-19-20(23-14-16)5-4-6-21(19)24-27(25,26)18-11-12-18/h4-10,13-14,18,24H,11-12H2,1-3H3. The first-order valence-corrected chi connectivity index (χ1v) is 10.8. The topological polar surface area (TPSA) is 59.1 Å². The van der Waals surface area contributed by atoms with E-state index < -0.39 is 10.0 Å². The van der Waals surface area contributed by atoms with Gasteiger partial charge in [0.1, 0.15) is 0 Å². The molecule has 0 aliphatic heterocycles. The summed E-state index contributed by atoms with van der Waals surface area (Å²) in [4.78, 5) is 4.55. The number of hydrogen-bond acceptors (Lipinski definition) is 3. The van der Waals surface area contributed by atoms with E-state index in [1.165, 1.54) is 5.56 Å². The number of sulfonamides is 1. The molecule has 1 aromatic heterocycles. The van der Waals surface area contributed by atoms with Gasteiger partial charge in [-0.15, -0.1) is 0 Å². The van der Waals surface area contributed by atoms with Gasteiger partial charge < -0.3 is 0 Å². The van der Waals surface area contributed by atoms with E-state index in [1.807, 2.05) is 24.4 Å². The summed E-state index contributed by atoms with van der Waals surface area (Å²) in [5.41, 5.74) is 4.80. The second kappa shape index (κ2) is 6.34. The van der Waals surface area contributed by atoms with Gasteiger partial charge in [-0.1, -0.05) is 51.1 Å². The van der Waals surface area contributed by atoms with Gasteiger partial charge in [0.15, 0.2) is 0 Å². The number of nitrogens with zero attached hydrogens (tertiary/aromatic N) is 1. The van der Waals surface area contributed by atoms with Crippen LogP contribution in [0.25, 0.3) is 22.0 Å². The highest BCUT2D eigenvalue weighted by Gasteiger charge is 2.35. The monoisotopic (exact) mass is 380 g/mol. The predicted molar refractivity (Wildman–Crippen MR) is 111 cm³/mol.